The summed E-state index contributed by atoms with van der Waals surface area (Å²) < 4.78 is 32.7. The van der Waals surface area contributed by atoms with Crippen LogP contribution in [0, 0.1) is 5.92 Å². The van der Waals surface area contributed by atoms with Crippen LogP contribution in [0.4, 0.5) is 0 Å². The van der Waals surface area contributed by atoms with Gasteiger partial charge in [-0.3, -0.25) is 4.90 Å². The average Bonchev–Trinajstić information content (AvgIpc) is 2.84. The van der Waals surface area contributed by atoms with E-state index in [1.165, 1.54) is 0 Å². The molecule has 0 bridgehead atoms. The van der Waals surface area contributed by atoms with Crippen LogP contribution in [-0.4, -0.2) is 66.9 Å². The number of ether oxygens (including phenoxy) is 1. The Bertz CT molecular complexity index is 677. The number of benzene rings is 1. The van der Waals surface area contributed by atoms with Gasteiger partial charge in [0, 0.05) is 31.7 Å². The normalized spacial score (nSPS) is 28.0. The van der Waals surface area contributed by atoms with Crippen molar-refractivity contribution in [1.82, 2.24) is 9.21 Å². The highest BCUT2D eigenvalue weighted by atomic mass is 32.2. The minimum atomic E-state index is -3.28. The Morgan fingerprint density at radius 1 is 1.29 bits per heavy atom. The second-order valence-electron chi connectivity index (χ2n) is 7.08. The fourth-order valence-electron chi connectivity index (χ4n) is 3.52. The van der Waals surface area contributed by atoms with Gasteiger partial charge in [0.1, 0.15) is 5.75 Å². The predicted octanol–water partition coefficient (Wildman–Crippen LogP) is 1.26. The molecule has 2 aliphatic heterocycles. The number of likely N-dealkylation sites (tertiary alicyclic amines) is 1. The Morgan fingerprint density at radius 2 is 2.04 bits per heavy atom. The molecule has 0 spiro atoms. The number of phenolic OH excluding ortho intramolecular Hbond substituents is 1. The maximum absolute atomic E-state index is 12.6. The van der Waals surface area contributed by atoms with E-state index < -0.39 is 10.0 Å². The molecule has 0 aromatic heterocycles. The molecule has 2 aliphatic rings. The molecule has 2 atom stereocenters. The van der Waals surface area contributed by atoms with Gasteiger partial charge in [-0.25, -0.2) is 8.42 Å². The van der Waals surface area contributed by atoms with Crippen LogP contribution in [0.5, 0.6) is 5.75 Å². The zero-order chi connectivity index (χ0) is 17.3. The molecule has 0 unspecified atom stereocenters. The minimum Gasteiger partial charge on any atom is -0.508 e. The van der Waals surface area contributed by atoms with Gasteiger partial charge in [0.15, 0.2) is 0 Å². The van der Waals surface area contributed by atoms with Crippen LogP contribution in [-0.2, 0) is 21.3 Å². The largest absolute Gasteiger partial charge is 0.508 e. The van der Waals surface area contributed by atoms with Crippen molar-refractivity contribution in [3.8, 4) is 5.75 Å². The van der Waals surface area contributed by atoms with Crippen molar-refractivity contribution in [3.63, 3.8) is 0 Å². The summed E-state index contributed by atoms with van der Waals surface area (Å²) in [4.78, 5) is 2.17. The van der Waals surface area contributed by atoms with Gasteiger partial charge >= 0.3 is 0 Å². The van der Waals surface area contributed by atoms with Gasteiger partial charge in [0.2, 0.25) is 10.0 Å². The van der Waals surface area contributed by atoms with E-state index in [1.54, 1.807) is 16.4 Å². The molecule has 1 aromatic rings. The molecule has 7 heteroatoms. The first-order valence-electron chi connectivity index (χ1n) is 8.47. The SMILES string of the molecule is CC(C)CN1[C@@H]2CN(Cc3ccccc3O)C[C@@H]2OCCS1(=O)=O. The molecular formula is C17H26N2O4S. The number of hydrogen-bond donors (Lipinski definition) is 1. The summed E-state index contributed by atoms with van der Waals surface area (Å²) >= 11 is 0. The molecule has 134 valence electrons. The molecule has 6 nitrogen and oxygen atoms in total. The van der Waals surface area contributed by atoms with Crippen LogP contribution in [0.3, 0.4) is 0 Å². The summed E-state index contributed by atoms with van der Waals surface area (Å²) in [5, 5.41) is 9.96. The van der Waals surface area contributed by atoms with Gasteiger partial charge in [-0.1, -0.05) is 32.0 Å². The lowest BCUT2D eigenvalue weighted by Gasteiger charge is -2.29. The number of hydrogen-bond acceptors (Lipinski definition) is 5. The number of aromatic hydroxyl groups is 1. The highest BCUT2D eigenvalue weighted by molar-refractivity contribution is 7.89. The molecule has 0 amide bonds. The average molecular weight is 354 g/mol. The third-order valence-electron chi connectivity index (χ3n) is 4.64. The predicted molar refractivity (Wildman–Crippen MR) is 92.2 cm³/mol. The summed E-state index contributed by atoms with van der Waals surface area (Å²) in [6.45, 7) is 6.75. The number of nitrogens with zero attached hydrogens (tertiary/aromatic N) is 2. The Hall–Kier alpha value is -1.15. The number of para-hydroxylation sites is 1. The first-order valence-corrected chi connectivity index (χ1v) is 10.1. The fraction of sp³-hybridized carbons (Fsp3) is 0.647. The van der Waals surface area contributed by atoms with E-state index in [1.807, 2.05) is 26.0 Å². The van der Waals surface area contributed by atoms with Crippen molar-refractivity contribution in [2.24, 2.45) is 5.92 Å². The lowest BCUT2D eigenvalue weighted by atomic mass is 10.1. The van der Waals surface area contributed by atoms with Gasteiger partial charge in [-0.05, 0) is 12.0 Å². The van der Waals surface area contributed by atoms with Gasteiger partial charge in [0.25, 0.3) is 0 Å². The summed E-state index contributed by atoms with van der Waals surface area (Å²) in [6, 6.07) is 7.12. The summed E-state index contributed by atoms with van der Waals surface area (Å²) in [7, 11) is -3.28. The van der Waals surface area contributed by atoms with Crippen LogP contribution in [0.2, 0.25) is 0 Å². The Morgan fingerprint density at radius 3 is 2.75 bits per heavy atom. The van der Waals surface area contributed by atoms with E-state index in [9.17, 15) is 13.5 Å². The van der Waals surface area contributed by atoms with Gasteiger partial charge in [-0.15, -0.1) is 0 Å². The maximum atomic E-state index is 12.6. The minimum absolute atomic E-state index is 0.0617. The lowest BCUT2D eigenvalue weighted by molar-refractivity contribution is 0.0454. The first kappa shape index (κ1) is 17.7. The highest BCUT2D eigenvalue weighted by Gasteiger charge is 2.44. The quantitative estimate of drug-likeness (QED) is 0.882. The second-order valence-corrected chi connectivity index (χ2v) is 9.12. The number of fused-ring (bicyclic) bond motifs is 1. The molecule has 0 aliphatic carbocycles. The molecule has 3 rings (SSSR count). The van der Waals surface area contributed by atoms with E-state index in [0.717, 1.165) is 5.56 Å². The van der Waals surface area contributed by atoms with Crippen LogP contribution in [0.15, 0.2) is 24.3 Å². The zero-order valence-electron chi connectivity index (χ0n) is 14.3. The molecule has 2 saturated heterocycles. The Balaban J connectivity index is 1.78. The maximum Gasteiger partial charge on any atom is 0.216 e. The Labute approximate surface area is 144 Å². The van der Waals surface area contributed by atoms with Crippen LogP contribution >= 0.6 is 0 Å². The molecule has 2 heterocycles. The van der Waals surface area contributed by atoms with Crippen molar-refractivity contribution >= 4 is 10.0 Å². The fourth-order valence-corrected chi connectivity index (χ4v) is 5.21. The topological polar surface area (TPSA) is 70.1 Å². The third kappa shape index (κ3) is 3.74. The lowest BCUT2D eigenvalue weighted by Crippen LogP contribution is -2.47. The molecular weight excluding hydrogens is 328 g/mol. The molecule has 0 radical (unpaired) electrons. The molecule has 1 aromatic carbocycles. The van der Waals surface area contributed by atoms with E-state index in [0.29, 0.717) is 26.2 Å². The van der Waals surface area contributed by atoms with Crippen molar-refractivity contribution in [3.05, 3.63) is 29.8 Å². The summed E-state index contributed by atoms with van der Waals surface area (Å²) in [6.07, 6.45) is -0.105. The van der Waals surface area contributed by atoms with Crippen molar-refractivity contribution in [1.29, 1.82) is 0 Å². The van der Waals surface area contributed by atoms with Crippen molar-refractivity contribution in [2.45, 2.75) is 32.5 Å². The highest BCUT2D eigenvalue weighted by Crippen LogP contribution is 2.28. The first-order chi connectivity index (χ1) is 11.4. The second kappa shape index (κ2) is 7.00. The van der Waals surface area contributed by atoms with Crippen LogP contribution in [0.1, 0.15) is 19.4 Å². The zero-order valence-corrected chi connectivity index (χ0v) is 15.1. The van der Waals surface area contributed by atoms with Crippen LogP contribution < -0.4 is 0 Å². The van der Waals surface area contributed by atoms with E-state index in [2.05, 4.69) is 4.90 Å². The van der Waals surface area contributed by atoms with Crippen molar-refractivity contribution < 1.29 is 18.3 Å². The number of rotatable bonds is 4. The summed E-state index contributed by atoms with van der Waals surface area (Å²) in [5.74, 6) is 0.606. The third-order valence-corrected chi connectivity index (χ3v) is 6.46. The Kier molecular flexibility index (Phi) is 5.15. The van der Waals surface area contributed by atoms with Gasteiger partial charge < -0.3 is 9.84 Å². The number of phenols is 1. The molecule has 24 heavy (non-hydrogen) atoms. The van der Waals surface area contributed by atoms with Crippen LogP contribution in [0.25, 0.3) is 0 Å². The van der Waals surface area contributed by atoms with Crippen molar-refractivity contribution in [2.75, 3.05) is 32.0 Å². The van der Waals surface area contributed by atoms with E-state index in [-0.39, 0.29) is 36.2 Å². The standard InChI is InChI=1S/C17H26N2O4S/c1-13(2)9-19-15-11-18(10-14-5-3-4-6-16(14)20)12-17(15)23-7-8-24(19,21)22/h3-6,13,15,17,20H,7-12H2,1-2H3/t15-,17+/m1/s1. The number of sulfonamides is 1. The van der Waals surface area contributed by atoms with Gasteiger partial charge in [-0.2, -0.15) is 4.31 Å². The summed E-state index contributed by atoms with van der Waals surface area (Å²) in [5.41, 5.74) is 0.854. The van der Waals surface area contributed by atoms with E-state index >= 15 is 0 Å². The smallest absolute Gasteiger partial charge is 0.216 e. The van der Waals surface area contributed by atoms with Gasteiger partial charge in [0.05, 0.1) is 24.5 Å². The van der Waals surface area contributed by atoms with E-state index in [4.69, 9.17) is 4.74 Å². The molecule has 0 saturated carbocycles. The molecule has 1 N–H and O–H groups in total. The monoisotopic (exact) mass is 354 g/mol. The molecule has 2 fully saturated rings.